The summed E-state index contributed by atoms with van der Waals surface area (Å²) in [4.78, 5) is 14.5. The molecule has 0 unspecified atom stereocenters. The van der Waals surface area contributed by atoms with Crippen LogP contribution < -0.4 is 10.1 Å². The Morgan fingerprint density at radius 1 is 1.11 bits per heavy atom. The Morgan fingerprint density at radius 2 is 1.76 bits per heavy atom. The van der Waals surface area contributed by atoms with Crippen molar-refractivity contribution in [3.8, 4) is 16.9 Å². The van der Waals surface area contributed by atoms with Gasteiger partial charge in [0.15, 0.2) is 0 Å². The zero-order valence-electron chi connectivity index (χ0n) is 22.2. The van der Waals surface area contributed by atoms with Crippen LogP contribution in [-0.4, -0.2) is 67.7 Å². The normalized spacial score (nSPS) is 19.8. The van der Waals surface area contributed by atoms with Gasteiger partial charge in [-0.2, -0.15) is 4.31 Å². The number of likely N-dealkylation sites (N-methyl/N-ethyl adjacent to an activating group) is 1. The van der Waals surface area contributed by atoms with Crippen LogP contribution in [0.25, 0.3) is 11.1 Å². The minimum absolute atomic E-state index is 0.0435. The number of carbonyl (C=O) groups excluding carboxylic acids is 1. The quantitative estimate of drug-likeness (QED) is 0.479. The van der Waals surface area contributed by atoms with E-state index in [9.17, 15) is 18.3 Å². The fourth-order valence-corrected chi connectivity index (χ4v) is 6.29. The van der Waals surface area contributed by atoms with E-state index in [4.69, 9.17) is 4.74 Å². The van der Waals surface area contributed by atoms with Crippen LogP contribution >= 0.6 is 0 Å². The lowest BCUT2D eigenvalue weighted by Gasteiger charge is -2.37. The molecule has 0 radical (unpaired) electrons. The summed E-state index contributed by atoms with van der Waals surface area (Å²) in [6.45, 7) is 5.65. The fourth-order valence-electron chi connectivity index (χ4n) is 4.46. The summed E-state index contributed by atoms with van der Waals surface area (Å²) in [5, 5.41) is 12.7. The van der Waals surface area contributed by atoms with Crippen LogP contribution in [0.5, 0.6) is 5.75 Å². The molecule has 9 heteroatoms. The number of nitrogens with one attached hydrogen (secondary N) is 1. The van der Waals surface area contributed by atoms with Gasteiger partial charge < -0.3 is 20.1 Å². The molecule has 1 aliphatic rings. The number of amides is 2. The van der Waals surface area contributed by atoms with Gasteiger partial charge in [0.1, 0.15) is 16.7 Å². The molecule has 0 saturated carbocycles. The number of nitrogens with zero attached hydrogens (tertiary/aromatic N) is 2. The van der Waals surface area contributed by atoms with E-state index >= 15 is 0 Å². The van der Waals surface area contributed by atoms with Crippen molar-refractivity contribution in [2.45, 2.75) is 37.8 Å². The predicted molar refractivity (Wildman–Crippen MR) is 149 cm³/mol. The average Bonchev–Trinajstić information content (AvgIpc) is 2.91. The topological polar surface area (TPSA) is 99.2 Å². The number of aryl methyl sites for hydroxylation is 1. The third-order valence-electron chi connectivity index (χ3n) is 6.88. The monoisotopic (exact) mass is 537 g/mol. The lowest BCUT2D eigenvalue weighted by atomic mass is 10.0. The maximum Gasteiger partial charge on any atom is 0.321 e. The number of rotatable bonds is 6. The van der Waals surface area contributed by atoms with Crippen LogP contribution in [0.4, 0.5) is 10.5 Å². The van der Waals surface area contributed by atoms with E-state index in [2.05, 4.69) is 5.32 Å². The number of anilines is 1. The zero-order valence-corrected chi connectivity index (χ0v) is 23.0. The largest absolute Gasteiger partial charge is 0.487 e. The number of ether oxygens (including phenoxy) is 1. The lowest BCUT2D eigenvalue weighted by molar-refractivity contribution is 0.0830. The van der Waals surface area contributed by atoms with Crippen molar-refractivity contribution in [2.24, 2.45) is 5.92 Å². The third-order valence-corrected chi connectivity index (χ3v) is 8.90. The molecule has 202 valence electrons. The summed E-state index contributed by atoms with van der Waals surface area (Å²) < 4.78 is 35.2. The van der Waals surface area contributed by atoms with E-state index < -0.39 is 22.2 Å². The fraction of sp³-hybridized carbons (Fsp3) is 0.345. The summed E-state index contributed by atoms with van der Waals surface area (Å²) in [6, 6.07) is 21.3. The molecule has 0 spiro atoms. The third kappa shape index (κ3) is 6.01. The number of para-hydroxylation sites is 1. The van der Waals surface area contributed by atoms with Gasteiger partial charge in [-0.1, -0.05) is 61.0 Å². The molecular formula is C29H35N3O5S. The number of carbonyl (C=O) groups is 1. The minimum atomic E-state index is -3.95. The Bertz CT molecular complexity index is 1360. The van der Waals surface area contributed by atoms with Gasteiger partial charge in [0.25, 0.3) is 0 Å². The Hall–Kier alpha value is -3.40. The first kappa shape index (κ1) is 27.6. The molecule has 4 rings (SSSR count). The van der Waals surface area contributed by atoms with Gasteiger partial charge in [0.2, 0.25) is 10.0 Å². The van der Waals surface area contributed by atoms with Gasteiger partial charge in [-0.25, -0.2) is 13.2 Å². The Labute approximate surface area is 224 Å². The smallest absolute Gasteiger partial charge is 0.321 e. The molecule has 3 atom stereocenters. The van der Waals surface area contributed by atoms with E-state index in [1.54, 1.807) is 32.2 Å². The number of hydrogen-bond donors (Lipinski definition) is 2. The molecule has 3 aromatic carbocycles. The first-order valence-corrected chi connectivity index (χ1v) is 14.1. The molecule has 1 heterocycles. The van der Waals surface area contributed by atoms with Crippen molar-refractivity contribution in [1.29, 1.82) is 0 Å². The summed E-state index contributed by atoms with van der Waals surface area (Å²) in [5.74, 6) is -0.0476. The van der Waals surface area contributed by atoms with Crippen molar-refractivity contribution in [2.75, 3.05) is 32.1 Å². The highest BCUT2D eigenvalue weighted by atomic mass is 32.2. The molecule has 2 amide bonds. The molecule has 2 N–H and O–H groups in total. The highest BCUT2D eigenvalue weighted by molar-refractivity contribution is 7.89. The van der Waals surface area contributed by atoms with Crippen LogP contribution in [0.3, 0.4) is 0 Å². The van der Waals surface area contributed by atoms with Crippen molar-refractivity contribution >= 4 is 21.7 Å². The van der Waals surface area contributed by atoms with Gasteiger partial charge in [-0.05, 0) is 49.2 Å². The highest BCUT2D eigenvalue weighted by Crippen LogP contribution is 2.36. The van der Waals surface area contributed by atoms with Gasteiger partial charge >= 0.3 is 6.03 Å². The number of fused-ring (bicyclic) bond motifs is 1. The summed E-state index contributed by atoms with van der Waals surface area (Å²) in [6.07, 6.45) is -0.502. The van der Waals surface area contributed by atoms with Gasteiger partial charge in [-0.15, -0.1) is 0 Å². The van der Waals surface area contributed by atoms with E-state index in [1.165, 1.54) is 9.21 Å². The number of urea groups is 1. The highest BCUT2D eigenvalue weighted by Gasteiger charge is 2.38. The maximum absolute atomic E-state index is 13.7. The Balaban J connectivity index is 1.69. The van der Waals surface area contributed by atoms with E-state index in [0.29, 0.717) is 5.69 Å². The minimum Gasteiger partial charge on any atom is -0.487 e. The first-order valence-electron chi connectivity index (χ1n) is 12.7. The number of sulfonamides is 1. The lowest BCUT2D eigenvalue weighted by Crippen LogP contribution is -2.50. The number of aliphatic hydroxyl groups is 1. The predicted octanol–water partition coefficient (Wildman–Crippen LogP) is 4.59. The molecule has 38 heavy (non-hydrogen) atoms. The van der Waals surface area contributed by atoms with Crippen molar-refractivity contribution < 1.29 is 23.1 Å². The summed E-state index contributed by atoms with van der Waals surface area (Å²) >= 11 is 0. The Kier molecular flexibility index (Phi) is 8.40. The van der Waals surface area contributed by atoms with Gasteiger partial charge in [0, 0.05) is 31.2 Å². The first-order chi connectivity index (χ1) is 18.1. The number of benzene rings is 3. The van der Waals surface area contributed by atoms with Crippen LogP contribution in [0.2, 0.25) is 0 Å². The second kappa shape index (κ2) is 11.6. The van der Waals surface area contributed by atoms with Crippen LogP contribution in [-0.2, 0) is 10.0 Å². The maximum atomic E-state index is 13.7. The van der Waals surface area contributed by atoms with Crippen LogP contribution in [0, 0.1) is 12.8 Å². The molecular weight excluding hydrogens is 502 g/mol. The summed E-state index contributed by atoms with van der Waals surface area (Å²) in [5.41, 5.74) is 3.56. The molecule has 8 nitrogen and oxygen atoms in total. The van der Waals surface area contributed by atoms with Crippen molar-refractivity contribution in [1.82, 2.24) is 9.21 Å². The molecule has 0 saturated heterocycles. The molecule has 1 aliphatic heterocycles. The van der Waals surface area contributed by atoms with Crippen LogP contribution in [0.1, 0.15) is 19.4 Å². The second-order valence-corrected chi connectivity index (χ2v) is 11.8. The van der Waals surface area contributed by atoms with Gasteiger partial charge in [0.05, 0.1) is 13.2 Å². The van der Waals surface area contributed by atoms with Crippen molar-refractivity contribution in [3.63, 3.8) is 0 Å². The Morgan fingerprint density at radius 3 is 2.42 bits per heavy atom. The van der Waals surface area contributed by atoms with Crippen LogP contribution in [0.15, 0.2) is 77.7 Å². The second-order valence-electron chi connectivity index (χ2n) is 9.94. The van der Waals surface area contributed by atoms with E-state index in [0.717, 1.165) is 16.7 Å². The molecule has 0 aliphatic carbocycles. The average molecular weight is 538 g/mol. The van der Waals surface area contributed by atoms with E-state index in [-0.39, 0.29) is 42.3 Å². The van der Waals surface area contributed by atoms with Crippen molar-refractivity contribution in [3.05, 3.63) is 78.4 Å². The molecule has 0 bridgehead atoms. The number of aliphatic hydroxyl groups excluding tert-OH is 1. The van der Waals surface area contributed by atoms with Gasteiger partial charge in [-0.3, -0.25) is 0 Å². The SMILES string of the molecule is Cc1ccc(-c2ccc3c(c2)O[C@@H](CN(C)C(=O)Nc2ccccc2)[C@@H](C)CN([C@@H](C)CO)S3(=O)=O)cc1. The summed E-state index contributed by atoms with van der Waals surface area (Å²) in [7, 11) is -2.26. The zero-order chi connectivity index (χ0) is 27.4. The molecule has 3 aromatic rings. The molecule has 0 fully saturated rings. The molecule has 0 aromatic heterocycles. The standard InChI is InChI=1S/C29H35N3O5S/c1-20-10-12-23(13-11-20)24-14-15-28-26(16-24)37-27(21(2)17-32(22(3)19-33)38(28,35)36)18-31(4)29(34)30-25-8-6-5-7-9-25/h5-16,21-22,27,33H,17-19H2,1-4H3,(H,30,34)/t21-,22-,27-/m0/s1. The number of hydrogen-bond acceptors (Lipinski definition) is 5. The van der Waals surface area contributed by atoms with E-state index in [1.807, 2.05) is 68.4 Å².